The molecule has 0 aliphatic rings. The number of fused-ring (bicyclic) bond motifs is 1. The summed E-state index contributed by atoms with van der Waals surface area (Å²) in [7, 11) is 0. The summed E-state index contributed by atoms with van der Waals surface area (Å²) in [6.07, 6.45) is 1.94. The van der Waals surface area contributed by atoms with Gasteiger partial charge in [-0.25, -0.2) is 4.79 Å². The highest BCUT2D eigenvalue weighted by Crippen LogP contribution is 2.30. The number of phenolic OH excluding ortho intramolecular Hbond substituents is 1. The van der Waals surface area contributed by atoms with Crippen LogP contribution < -0.4 is 0 Å². The summed E-state index contributed by atoms with van der Waals surface area (Å²) in [6, 6.07) is 11.1. The van der Waals surface area contributed by atoms with E-state index >= 15 is 0 Å². The van der Waals surface area contributed by atoms with Gasteiger partial charge >= 0.3 is 5.97 Å². The molecule has 0 unspecified atom stereocenters. The molecule has 0 atom stereocenters. The van der Waals surface area contributed by atoms with Crippen molar-refractivity contribution in [1.29, 1.82) is 0 Å². The van der Waals surface area contributed by atoms with Crippen LogP contribution in [0.15, 0.2) is 42.0 Å². The molecule has 92 valence electrons. The third-order valence-electron chi connectivity index (χ3n) is 2.92. The summed E-state index contributed by atoms with van der Waals surface area (Å²) >= 11 is 0. The van der Waals surface area contributed by atoms with Crippen LogP contribution in [0, 0.1) is 0 Å². The predicted octanol–water partition coefficient (Wildman–Crippen LogP) is 3.42. The Hall–Kier alpha value is -2.29. The molecule has 0 heterocycles. The van der Waals surface area contributed by atoms with Crippen molar-refractivity contribution in [3.8, 4) is 5.75 Å². The lowest BCUT2D eigenvalue weighted by molar-refractivity contribution is -0.132. The maximum Gasteiger partial charge on any atom is 0.331 e. The minimum Gasteiger partial charge on any atom is -0.507 e. The summed E-state index contributed by atoms with van der Waals surface area (Å²) in [5.74, 6) is -0.828. The summed E-state index contributed by atoms with van der Waals surface area (Å²) < 4.78 is 0. The number of phenols is 1. The van der Waals surface area contributed by atoms with Crippen LogP contribution in [-0.2, 0) is 4.79 Å². The van der Waals surface area contributed by atoms with Crippen LogP contribution >= 0.6 is 0 Å². The van der Waals surface area contributed by atoms with Crippen LogP contribution in [0.4, 0.5) is 0 Å². The van der Waals surface area contributed by atoms with Crippen LogP contribution in [0.5, 0.6) is 5.75 Å². The maximum atomic E-state index is 11.0. The van der Waals surface area contributed by atoms with Gasteiger partial charge in [-0.3, -0.25) is 0 Å². The number of aromatic hydroxyl groups is 1. The van der Waals surface area contributed by atoms with E-state index in [1.54, 1.807) is 13.0 Å². The molecule has 2 aromatic rings. The Morgan fingerprint density at radius 3 is 2.61 bits per heavy atom. The molecule has 3 nitrogen and oxygen atoms in total. The van der Waals surface area contributed by atoms with Crippen LogP contribution in [0.2, 0.25) is 0 Å². The lowest BCUT2D eigenvalue weighted by atomic mass is 10.0. The van der Waals surface area contributed by atoms with Gasteiger partial charge in [-0.05, 0) is 17.9 Å². The van der Waals surface area contributed by atoms with Gasteiger partial charge in [0.05, 0.1) is 0 Å². The van der Waals surface area contributed by atoms with Crippen molar-refractivity contribution in [2.24, 2.45) is 0 Å². The highest BCUT2D eigenvalue weighted by molar-refractivity contribution is 5.96. The van der Waals surface area contributed by atoms with E-state index in [4.69, 9.17) is 5.11 Å². The molecule has 0 aliphatic carbocycles. The Labute approximate surface area is 105 Å². The smallest absolute Gasteiger partial charge is 0.331 e. The fourth-order valence-corrected chi connectivity index (χ4v) is 1.89. The minimum atomic E-state index is -0.954. The van der Waals surface area contributed by atoms with E-state index in [1.807, 2.05) is 30.3 Å². The van der Waals surface area contributed by atoms with Crippen molar-refractivity contribution in [2.75, 3.05) is 0 Å². The zero-order valence-electron chi connectivity index (χ0n) is 10.1. The van der Waals surface area contributed by atoms with Gasteiger partial charge in [-0.15, -0.1) is 0 Å². The van der Waals surface area contributed by atoms with Gasteiger partial charge in [-0.2, -0.15) is 0 Å². The first-order valence-electron chi connectivity index (χ1n) is 5.78. The maximum absolute atomic E-state index is 11.0. The SMILES string of the molecule is CCC(=Cc1ccc2ccccc2c1O)C(=O)O. The number of carbonyl (C=O) groups is 1. The number of carboxylic acid groups (broad SMARTS) is 1. The second kappa shape index (κ2) is 4.92. The van der Waals surface area contributed by atoms with Crippen molar-refractivity contribution in [3.63, 3.8) is 0 Å². The van der Waals surface area contributed by atoms with Crippen molar-refractivity contribution >= 4 is 22.8 Å². The molecule has 0 saturated carbocycles. The molecule has 2 rings (SSSR count). The number of benzene rings is 2. The standard InChI is InChI=1S/C15H14O3/c1-2-10(15(17)18)9-12-8-7-11-5-3-4-6-13(11)14(12)16/h3-9,16H,2H2,1H3,(H,17,18). The third-order valence-corrected chi connectivity index (χ3v) is 2.92. The molecule has 0 bridgehead atoms. The van der Waals surface area contributed by atoms with Crippen LogP contribution in [0.25, 0.3) is 16.8 Å². The van der Waals surface area contributed by atoms with E-state index in [0.29, 0.717) is 12.0 Å². The molecule has 0 aliphatic heterocycles. The quantitative estimate of drug-likeness (QED) is 0.811. The molecule has 2 aromatic carbocycles. The van der Waals surface area contributed by atoms with Crippen molar-refractivity contribution < 1.29 is 15.0 Å². The van der Waals surface area contributed by atoms with Gasteiger partial charge in [0.25, 0.3) is 0 Å². The van der Waals surface area contributed by atoms with Gasteiger partial charge in [0.15, 0.2) is 0 Å². The van der Waals surface area contributed by atoms with E-state index in [2.05, 4.69) is 0 Å². The number of hydrogen-bond donors (Lipinski definition) is 2. The summed E-state index contributed by atoms with van der Waals surface area (Å²) in [5, 5.41) is 20.8. The van der Waals surface area contributed by atoms with Crippen molar-refractivity contribution in [3.05, 3.63) is 47.5 Å². The molecule has 0 amide bonds. The summed E-state index contributed by atoms with van der Waals surface area (Å²) in [4.78, 5) is 11.0. The molecule has 0 saturated heterocycles. The van der Waals surface area contributed by atoms with E-state index < -0.39 is 5.97 Å². The highest BCUT2D eigenvalue weighted by Gasteiger charge is 2.08. The summed E-state index contributed by atoms with van der Waals surface area (Å²) in [5.41, 5.74) is 0.813. The first-order valence-corrected chi connectivity index (χ1v) is 5.78. The normalized spacial score (nSPS) is 11.7. The lowest BCUT2D eigenvalue weighted by Crippen LogP contribution is -1.98. The predicted molar refractivity (Wildman–Crippen MR) is 71.5 cm³/mol. The molecule has 0 radical (unpaired) electrons. The molecule has 2 N–H and O–H groups in total. The second-order valence-corrected chi connectivity index (χ2v) is 4.05. The van der Waals surface area contributed by atoms with Crippen LogP contribution in [0.1, 0.15) is 18.9 Å². The topological polar surface area (TPSA) is 57.5 Å². The first kappa shape index (κ1) is 12.2. The largest absolute Gasteiger partial charge is 0.507 e. The Kier molecular flexibility index (Phi) is 3.33. The number of rotatable bonds is 3. The van der Waals surface area contributed by atoms with Gasteiger partial charge in [0.2, 0.25) is 0 Å². The van der Waals surface area contributed by atoms with Gasteiger partial charge < -0.3 is 10.2 Å². The number of carboxylic acids is 1. The molecular formula is C15H14O3. The van der Waals surface area contributed by atoms with Crippen molar-refractivity contribution in [1.82, 2.24) is 0 Å². The van der Waals surface area contributed by atoms with Crippen LogP contribution in [-0.4, -0.2) is 16.2 Å². The molecule has 3 heteroatoms. The Balaban J connectivity index is 2.59. The van der Waals surface area contributed by atoms with Crippen LogP contribution in [0.3, 0.4) is 0 Å². The van der Waals surface area contributed by atoms with Gasteiger partial charge in [0, 0.05) is 16.5 Å². The number of aliphatic carboxylic acids is 1. The zero-order chi connectivity index (χ0) is 13.1. The van der Waals surface area contributed by atoms with Gasteiger partial charge in [0.1, 0.15) is 5.75 Å². The van der Waals surface area contributed by atoms with E-state index in [1.165, 1.54) is 6.08 Å². The fourth-order valence-electron chi connectivity index (χ4n) is 1.89. The second-order valence-electron chi connectivity index (χ2n) is 4.05. The zero-order valence-corrected chi connectivity index (χ0v) is 10.1. The summed E-state index contributed by atoms with van der Waals surface area (Å²) in [6.45, 7) is 1.78. The Morgan fingerprint density at radius 1 is 1.22 bits per heavy atom. The molecule has 0 spiro atoms. The van der Waals surface area contributed by atoms with E-state index in [0.717, 1.165) is 10.8 Å². The van der Waals surface area contributed by atoms with Crippen molar-refractivity contribution in [2.45, 2.75) is 13.3 Å². The Morgan fingerprint density at radius 2 is 1.94 bits per heavy atom. The Bertz CT molecular complexity index is 627. The monoisotopic (exact) mass is 242 g/mol. The molecule has 0 aromatic heterocycles. The van der Waals surface area contributed by atoms with E-state index in [-0.39, 0.29) is 11.3 Å². The van der Waals surface area contributed by atoms with Gasteiger partial charge in [-0.1, -0.05) is 43.3 Å². The average Bonchev–Trinajstić information content (AvgIpc) is 2.38. The number of hydrogen-bond acceptors (Lipinski definition) is 2. The molecule has 18 heavy (non-hydrogen) atoms. The molecular weight excluding hydrogens is 228 g/mol. The fraction of sp³-hybridized carbons (Fsp3) is 0.133. The van der Waals surface area contributed by atoms with E-state index in [9.17, 15) is 9.90 Å². The first-order chi connectivity index (χ1) is 8.63. The third kappa shape index (κ3) is 2.20. The molecule has 0 fully saturated rings. The lowest BCUT2D eigenvalue weighted by Gasteiger charge is -2.05. The minimum absolute atomic E-state index is 0.125. The highest BCUT2D eigenvalue weighted by atomic mass is 16.4. The average molecular weight is 242 g/mol.